The van der Waals surface area contributed by atoms with Crippen molar-refractivity contribution in [2.24, 2.45) is 5.92 Å². The van der Waals surface area contributed by atoms with Crippen molar-refractivity contribution < 1.29 is 9.47 Å². The highest BCUT2D eigenvalue weighted by atomic mass is 16.7. The maximum Gasteiger partial charge on any atom is 0.222 e. The lowest BCUT2D eigenvalue weighted by molar-refractivity contribution is -0.249. The average molecular weight is 356 g/mol. The van der Waals surface area contributed by atoms with E-state index in [0.717, 1.165) is 24.0 Å². The molecule has 5 rings (SSSR count). The zero-order chi connectivity index (χ0) is 18.3. The van der Waals surface area contributed by atoms with Gasteiger partial charge in [0.05, 0.1) is 13.2 Å². The van der Waals surface area contributed by atoms with Crippen LogP contribution in [0.3, 0.4) is 0 Å². The molecule has 0 amide bonds. The number of allylic oxidation sites excluding steroid dienone is 6. The smallest absolute Gasteiger partial charge is 0.222 e. The van der Waals surface area contributed by atoms with Gasteiger partial charge in [-0.15, -0.1) is 0 Å². The molecule has 0 bridgehead atoms. The highest BCUT2D eigenvalue weighted by Crippen LogP contribution is 2.46. The second-order valence-electron chi connectivity index (χ2n) is 7.54. The van der Waals surface area contributed by atoms with Crippen LogP contribution in [0.5, 0.6) is 0 Å². The summed E-state index contributed by atoms with van der Waals surface area (Å²) >= 11 is 0. The van der Waals surface area contributed by atoms with Crippen molar-refractivity contribution in [3.63, 3.8) is 0 Å². The SMILES string of the molecule is Cc1ccc2ccccc2c1C1(C2=CCC3C=CC=CC3=C2)OCCCO1. The average Bonchev–Trinajstić information content (AvgIpc) is 2.74. The highest BCUT2D eigenvalue weighted by Gasteiger charge is 2.43. The molecule has 1 atom stereocenters. The van der Waals surface area contributed by atoms with E-state index < -0.39 is 5.79 Å². The summed E-state index contributed by atoms with van der Waals surface area (Å²) < 4.78 is 13.0. The molecule has 2 aromatic carbocycles. The highest BCUT2D eigenvalue weighted by molar-refractivity contribution is 5.88. The molecule has 0 N–H and O–H groups in total. The fourth-order valence-corrected chi connectivity index (χ4v) is 4.50. The largest absolute Gasteiger partial charge is 0.342 e. The fourth-order valence-electron chi connectivity index (χ4n) is 4.50. The fraction of sp³-hybridized carbons (Fsp3) is 0.280. The molecule has 1 heterocycles. The standard InChI is InChI=1S/C25H24O2/c1-18-11-12-20-8-4-5-10-23(20)24(18)25(26-15-6-16-27-25)22-14-13-19-7-2-3-9-21(19)17-22/h2-5,7-12,14,17,19H,6,13,15-16H2,1H3. The Morgan fingerprint density at radius 1 is 1.00 bits per heavy atom. The Morgan fingerprint density at radius 3 is 2.74 bits per heavy atom. The monoisotopic (exact) mass is 356 g/mol. The maximum atomic E-state index is 6.48. The van der Waals surface area contributed by atoms with E-state index in [1.54, 1.807) is 0 Å². The number of ether oxygens (including phenoxy) is 2. The summed E-state index contributed by atoms with van der Waals surface area (Å²) in [5.41, 5.74) is 4.83. The number of hydrogen-bond donors (Lipinski definition) is 0. The van der Waals surface area contributed by atoms with Gasteiger partial charge in [0.2, 0.25) is 5.79 Å². The molecular formula is C25H24O2. The summed E-state index contributed by atoms with van der Waals surface area (Å²) in [4.78, 5) is 0. The quantitative estimate of drug-likeness (QED) is 0.683. The molecule has 0 aromatic heterocycles. The van der Waals surface area contributed by atoms with Gasteiger partial charge in [-0.25, -0.2) is 0 Å². The predicted molar refractivity (Wildman–Crippen MR) is 109 cm³/mol. The van der Waals surface area contributed by atoms with Crippen LogP contribution in [0, 0.1) is 12.8 Å². The van der Waals surface area contributed by atoms with Crippen LogP contribution in [0.2, 0.25) is 0 Å². The van der Waals surface area contributed by atoms with Gasteiger partial charge in [-0.2, -0.15) is 0 Å². The molecule has 27 heavy (non-hydrogen) atoms. The Balaban J connectivity index is 1.72. The zero-order valence-electron chi connectivity index (χ0n) is 15.7. The van der Waals surface area contributed by atoms with Gasteiger partial charge < -0.3 is 9.47 Å². The molecule has 2 aliphatic carbocycles. The Hall–Kier alpha value is -2.42. The maximum absolute atomic E-state index is 6.48. The second-order valence-corrected chi connectivity index (χ2v) is 7.54. The summed E-state index contributed by atoms with van der Waals surface area (Å²) in [5, 5.41) is 2.43. The van der Waals surface area contributed by atoms with Gasteiger partial charge >= 0.3 is 0 Å². The minimum Gasteiger partial charge on any atom is -0.342 e. The van der Waals surface area contributed by atoms with Crippen LogP contribution >= 0.6 is 0 Å². The van der Waals surface area contributed by atoms with Gasteiger partial charge in [0, 0.05) is 17.1 Å². The van der Waals surface area contributed by atoms with Crippen LogP contribution in [0.1, 0.15) is 24.0 Å². The Kier molecular flexibility index (Phi) is 4.11. The molecule has 2 heteroatoms. The van der Waals surface area contributed by atoms with Gasteiger partial charge in [0.1, 0.15) is 0 Å². The first-order valence-electron chi connectivity index (χ1n) is 9.82. The van der Waals surface area contributed by atoms with Crippen LogP contribution in [0.15, 0.2) is 84.0 Å². The molecule has 1 aliphatic heterocycles. The van der Waals surface area contributed by atoms with Crippen molar-refractivity contribution in [2.75, 3.05) is 13.2 Å². The first-order chi connectivity index (χ1) is 13.3. The van der Waals surface area contributed by atoms with E-state index in [1.165, 1.54) is 21.9 Å². The van der Waals surface area contributed by atoms with Crippen molar-refractivity contribution in [2.45, 2.75) is 25.6 Å². The normalized spacial score (nSPS) is 23.7. The third-order valence-corrected chi connectivity index (χ3v) is 5.83. The lowest BCUT2D eigenvalue weighted by atomic mass is 9.80. The van der Waals surface area contributed by atoms with E-state index in [-0.39, 0.29) is 0 Å². The van der Waals surface area contributed by atoms with Crippen molar-refractivity contribution in [1.82, 2.24) is 0 Å². The first kappa shape index (κ1) is 16.7. The summed E-state index contributed by atoms with van der Waals surface area (Å²) in [6, 6.07) is 12.9. The van der Waals surface area contributed by atoms with E-state index in [9.17, 15) is 0 Å². The predicted octanol–water partition coefficient (Wildman–Crippen LogP) is 5.74. The van der Waals surface area contributed by atoms with Crippen molar-refractivity contribution in [1.29, 1.82) is 0 Å². The molecule has 0 saturated carbocycles. The van der Waals surface area contributed by atoms with E-state index in [2.05, 4.69) is 79.8 Å². The number of benzene rings is 2. The van der Waals surface area contributed by atoms with Crippen molar-refractivity contribution in [3.8, 4) is 0 Å². The van der Waals surface area contributed by atoms with Crippen LogP contribution in [0.4, 0.5) is 0 Å². The van der Waals surface area contributed by atoms with E-state index in [1.807, 2.05) is 0 Å². The zero-order valence-corrected chi connectivity index (χ0v) is 15.7. The molecule has 1 unspecified atom stereocenters. The van der Waals surface area contributed by atoms with E-state index in [4.69, 9.17) is 9.47 Å². The van der Waals surface area contributed by atoms with Gasteiger partial charge in [0.15, 0.2) is 0 Å². The van der Waals surface area contributed by atoms with Crippen molar-refractivity contribution in [3.05, 3.63) is 95.1 Å². The van der Waals surface area contributed by atoms with Crippen molar-refractivity contribution >= 4 is 10.8 Å². The summed E-state index contributed by atoms with van der Waals surface area (Å²) in [6.07, 6.45) is 15.2. The molecule has 3 aliphatic rings. The second kappa shape index (κ2) is 6.63. The third-order valence-electron chi connectivity index (χ3n) is 5.83. The topological polar surface area (TPSA) is 18.5 Å². The Labute approximate surface area is 160 Å². The molecule has 1 fully saturated rings. The summed E-state index contributed by atoms with van der Waals surface area (Å²) in [6.45, 7) is 3.58. The van der Waals surface area contributed by atoms with Gasteiger partial charge in [0.25, 0.3) is 0 Å². The Bertz CT molecular complexity index is 1000. The van der Waals surface area contributed by atoms with Gasteiger partial charge in [-0.1, -0.05) is 66.8 Å². The van der Waals surface area contributed by atoms with Gasteiger partial charge in [-0.05, 0) is 47.8 Å². The third kappa shape index (κ3) is 2.72. The summed E-state index contributed by atoms with van der Waals surface area (Å²) in [5.74, 6) is -0.358. The molecule has 0 radical (unpaired) electrons. The lowest BCUT2D eigenvalue weighted by Gasteiger charge is -2.41. The summed E-state index contributed by atoms with van der Waals surface area (Å²) in [7, 11) is 0. The molecule has 1 saturated heterocycles. The van der Waals surface area contributed by atoms with Crippen LogP contribution in [-0.2, 0) is 15.3 Å². The minimum absolute atomic E-state index is 0.466. The minimum atomic E-state index is -0.823. The molecular weight excluding hydrogens is 332 g/mol. The lowest BCUT2D eigenvalue weighted by Crippen LogP contribution is -2.41. The van der Waals surface area contributed by atoms with E-state index >= 15 is 0 Å². The van der Waals surface area contributed by atoms with Crippen LogP contribution < -0.4 is 0 Å². The molecule has 0 spiro atoms. The van der Waals surface area contributed by atoms with Crippen LogP contribution in [0.25, 0.3) is 10.8 Å². The van der Waals surface area contributed by atoms with E-state index in [0.29, 0.717) is 19.1 Å². The molecule has 2 nitrogen and oxygen atoms in total. The molecule has 2 aromatic rings. The number of aryl methyl sites for hydroxylation is 1. The molecule has 136 valence electrons. The number of hydrogen-bond acceptors (Lipinski definition) is 2. The number of fused-ring (bicyclic) bond motifs is 2. The first-order valence-corrected chi connectivity index (χ1v) is 9.82. The Morgan fingerprint density at radius 2 is 1.85 bits per heavy atom. The van der Waals surface area contributed by atoms with Gasteiger partial charge in [-0.3, -0.25) is 0 Å². The number of rotatable bonds is 2. The van der Waals surface area contributed by atoms with Crippen LogP contribution in [-0.4, -0.2) is 13.2 Å².